The van der Waals surface area contributed by atoms with Gasteiger partial charge in [-0.15, -0.1) is 0 Å². The van der Waals surface area contributed by atoms with Crippen molar-refractivity contribution in [1.82, 2.24) is 0 Å². The van der Waals surface area contributed by atoms with Crippen LogP contribution in [0.3, 0.4) is 0 Å². The first-order chi connectivity index (χ1) is 11.6. The van der Waals surface area contributed by atoms with Crippen molar-refractivity contribution in [2.45, 2.75) is 43.1 Å². The summed E-state index contributed by atoms with van der Waals surface area (Å²) >= 11 is 1.53. The van der Waals surface area contributed by atoms with E-state index in [1.54, 1.807) is 7.11 Å². The van der Waals surface area contributed by atoms with E-state index in [9.17, 15) is 4.79 Å². The van der Waals surface area contributed by atoms with E-state index in [-0.39, 0.29) is 17.3 Å². The molecule has 2 aliphatic rings. The van der Waals surface area contributed by atoms with E-state index in [2.05, 4.69) is 0 Å². The van der Waals surface area contributed by atoms with E-state index in [1.165, 1.54) is 18.7 Å². The van der Waals surface area contributed by atoms with Crippen molar-refractivity contribution in [3.63, 3.8) is 0 Å². The Kier molecular flexibility index (Phi) is 5.78. The number of methoxy groups -OCH3 is 1. The van der Waals surface area contributed by atoms with Gasteiger partial charge in [-0.05, 0) is 6.26 Å². The molecule has 0 spiro atoms. The van der Waals surface area contributed by atoms with Gasteiger partial charge in [0.05, 0.1) is 11.9 Å². The third kappa shape index (κ3) is 3.60. The molecule has 0 unspecified atom stereocenters. The molecule has 2 saturated heterocycles. The largest absolute Gasteiger partial charge is 0.458 e. The Morgan fingerprint density at radius 1 is 1.25 bits per heavy atom. The number of carbonyl (C=O) groups excluding carboxylic acids is 1. The fraction of sp³-hybridized carbons (Fsp3) is 0.588. The summed E-state index contributed by atoms with van der Waals surface area (Å²) in [6.07, 6.45) is -0.261. The lowest BCUT2D eigenvalue weighted by molar-refractivity contribution is -0.332. The van der Waals surface area contributed by atoms with Crippen LogP contribution in [0.4, 0.5) is 0 Å². The average molecular weight is 354 g/mol. The highest BCUT2D eigenvalue weighted by molar-refractivity contribution is 7.99. The van der Waals surface area contributed by atoms with Crippen LogP contribution >= 0.6 is 11.8 Å². The minimum atomic E-state index is -0.504. The Morgan fingerprint density at radius 2 is 2.00 bits per heavy atom. The van der Waals surface area contributed by atoms with Gasteiger partial charge in [0, 0.05) is 19.6 Å². The smallest absolute Gasteiger partial charge is 0.303 e. The second-order valence-corrected chi connectivity index (χ2v) is 6.75. The summed E-state index contributed by atoms with van der Waals surface area (Å²) in [4.78, 5) is 11.6. The van der Waals surface area contributed by atoms with Gasteiger partial charge < -0.3 is 23.7 Å². The first-order valence-corrected chi connectivity index (χ1v) is 9.13. The highest BCUT2D eigenvalue weighted by atomic mass is 32.2. The van der Waals surface area contributed by atoms with Gasteiger partial charge in [-0.1, -0.05) is 30.3 Å². The summed E-state index contributed by atoms with van der Waals surface area (Å²) in [5.74, 6) is -0.346. The molecular formula is C17H22O6S. The highest BCUT2D eigenvalue weighted by Crippen LogP contribution is 2.38. The zero-order valence-corrected chi connectivity index (χ0v) is 14.7. The summed E-state index contributed by atoms with van der Waals surface area (Å²) < 4.78 is 28.9. The van der Waals surface area contributed by atoms with E-state index in [0.29, 0.717) is 6.61 Å². The van der Waals surface area contributed by atoms with Gasteiger partial charge >= 0.3 is 5.97 Å². The number of fused-ring (bicyclic) bond motifs is 1. The molecule has 0 amide bonds. The average Bonchev–Trinajstić information content (AvgIpc) is 2.61. The van der Waals surface area contributed by atoms with Crippen LogP contribution in [0.15, 0.2) is 30.3 Å². The molecule has 6 atom stereocenters. The van der Waals surface area contributed by atoms with Gasteiger partial charge in [0.1, 0.15) is 18.3 Å². The third-order valence-corrected chi connectivity index (χ3v) is 5.20. The summed E-state index contributed by atoms with van der Waals surface area (Å²) in [6.45, 7) is 1.75. The molecule has 2 heterocycles. The summed E-state index contributed by atoms with van der Waals surface area (Å²) in [7, 11) is 1.58. The molecule has 2 aliphatic heterocycles. The second kappa shape index (κ2) is 7.84. The zero-order chi connectivity index (χ0) is 17.1. The summed E-state index contributed by atoms with van der Waals surface area (Å²) in [5, 5.41) is -0.172. The van der Waals surface area contributed by atoms with Gasteiger partial charge in [-0.25, -0.2) is 0 Å². The maximum atomic E-state index is 11.6. The molecule has 0 aliphatic carbocycles. The van der Waals surface area contributed by atoms with Crippen LogP contribution in [-0.4, -0.2) is 55.8 Å². The van der Waals surface area contributed by atoms with Crippen molar-refractivity contribution in [3.05, 3.63) is 35.9 Å². The number of hydrogen-bond donors (Lipinski definition) is 0. The van der Waals surface area contributed by atoms with Gasteiger partial charge in [-0.3, -0.25) is 4.79 Å². The molecule has 1 aromatic rings. The van der Waals surface area contributed by atoms with Gasteiger partial charge in [-0.2, -0.15) is 11.8 Å². The van der Waals surface area contributed by atoms with Crippen LogP contribution in [0.25, 0.3) is 0 Å². The van der Waals surface area contributed by atoms with Crippen LogP contribution in [0.1, 0.15) is 18.8 Å². The highest BCUT2D eigenvalue weighted by Gasteiger charge is 2.51. The molecule has 2 fully saturated rings. The molecule has 7 heteroatoms. The maximum absolute atomic E-state index is 11.6. The minimum Gasteiger partial charge on any atom is -0.458 e. The standard InChI is InChI=1S/C17H22O6S/c1-10(18)21-14-13-12(22-17(19-2)15(14)24-3)9-20-16(23-13)11-7-5-4-6-8-11/h4-8,12-17H,9H2,1-3H3/t12-,13-,14+,15+,16-,17-/m1/s1. The number of carbonyl (C=O) groups is 1. The van der Waals surface area contributed by atoms with E-state index in [4.69, 9.17) is 23.7 Å². The van der Waals surface area contributed by atoms with E-state index >= 15 is 0 Å². The molecule has 0 N–H and O–H groups in total. The number of rotatable bonds is 4. The second-order valence-electron chi connectivity index (χ2n) is 5.73. The third-order valence-electron chi connectivity index (χ3n) is 4.16. The number of esters is 1. The van der Waals surface area contributed by atoms with Crippen molar-refractivity contribution in [1.29, 1.82) is 0 Å². The molecular weight excluding hydrogens is 332 g/mol. The molecule has 24 heavy (non-hydrogen) atoms. The van der Waals surface area contributed by atoms with Crippen molar-refractivity contribution in [2.75, 3.05) is 20.0 Å². The number of benzene rings is 1. The fourth-order valence-electron chi connectivity index (χ4n) is 3.09. The predicted molar refractivity (Wildman–Crippen MR) is 88.5 cm³/mol. The van der Waals surface area contributed by atoms with Gasteiger partial charge in [0.2, 0.25) is 0 Å². The Morgan fingerprint density at radius 3 is 2.62 bits per heavy atom. The fourth-order valence-corrected chi connectivity index (χ4v) is 3.97. The summed E-state index contributed by atoms with van der Waals surface area (Å²) in [5.41, 5.74) is 0.923. The lowest BCUT2D eigenvalue weighted by atomic mass is 9.99. The maximum Gasteiger partial charge on any atom is 0.303 e. The van der Waals surface area contributed by atoms with E-state index in [1.807, 2.05) is 36.6 Å². The van der Waals surface area contributed by atoms with Crippen LogP contribution < -0.4 is 0 Å². The molecule has 132 valence electrons. The molecule has 0 radical (unpaired) electrons. The molecule has 3 rings (SSSR count). The zero-order valence-electron chi connectivity index (χ0n) is 13.9. The monoisotopic (exact) mass is 354 g/mol. The number of hydrogen-bond acceptors (Lipinski definition) is 7. The Bertz CT molecular complexity index is 553. The lowest BCUT2D eigenvalue weighted by Gasteiger charge is -2.48. The van der Waals surface area contributed by atoms with Crippen molar-refractivity contribution >= 4 is 17.7 Å². The molecule has 0 aromatic heterocycles. The minimum absolute atomic E-state index is 0.172. The van der Waals surface area contributed by atoms with Crippen molar-refractivity contribution < 1.29 is 28.5 Å². The Balaban J connectivity index is 1.83. The topological polar surface area (TPSA) is 63.2 Å². The molecule has 0 bridgehead atoms. The van der Waals surface area contributed by atoms with E-state index < -0.39 is 24.8 Å². The van der Waals surface area contributed by atoms with Crippen molar-refractivity contribution in [2.24, 2.45) is 0 Å². The first-order valence-electron chi connectivity index (χ1n) is 7.84. The Hall–Kier alpha value is -1.12. The first kappa shape index (κ1) is 17.7. The summed E-state index contributed by atoms with van der Waals surface area (Å²) in [6, 6.07) is 9.69. The van der Waals surface area contributed by atoms with E-state index in [0.717, 1.165) is 5.56 Å². The van der Waals surface area contributed by atoms with Crippen LogP contribution in [0.5, 0.6) is 0 Å². The Labute approximate surface area is 145 Å². The molecule has 0 saturated carbocycles. The van der Waals surface area contributed by atoms with Crippen LogP contribution in [0.2, 0.25) is 0 Å². The normalized spacial score (nSPS) is 36.0. The molecule has 1 aromatic carbocycles. The number of ether oxygens (including phenoxy) is 5. The number of thioether (sulfide) groups is 1. The lowest BCUT2D eigenvalue weighted by Crippen LogP contribution is -2.62. The van der Waals surface area contributed by atoms with Crippen LogP contribution in [0, 0.1) is 0 Å². The van der Waals surface area contributed by atoms with Gasteiger partial charge in [0.15, 0.2) is 12.6 Å². The van der Waals surface area contributed by atoms with Crippen LogP contribution in [-0.2, 0) is 28.5 Å². The predicted octanol–water partition coefficient (Wildman–Crippen LogP) is 2.14. The van der Waals surface area contributed by atoms with Gasteiger partial charge in [0.25, 0.3) is 0 Å². The quantitative estimate of drug-likeness (QED) is 0.768. The van der Waals surface area contributed by atoms with Crippen molar-refractivity contribution in [3.8, 4) is 0 Å². The SMILES string of the molecule is CO[C@@H]1O[C@@H]2CO[C@@H](c3ccccc3)O[C@H]2[C@H](OC(C)=O)[C@@H]1SC. The molecule has 6 nitrogen and oxygen atoms in total.